The number of anilines is 1. The Bertz CT molecular complexity index is 931. The number of amides is 1. The van der Waals surface area contributed by atoms with Crippen LogP contribution in [0.2, 0.25) is 5.02 Å². The zero-order chi connectivity index (χ0) is 19.4. The number of carbonyl (C=O) groups excluding carboxylic acids is 1. The molecule has 1 saturated carbocycles. The van der Waals surface area contributed by atoms with E-state index in [2.05, 4.69) is 17.4 Å². The third-order valence-electron chi connectivity index (χ3n) is 5.38. The van der Waals surface area contributed by atoms with Gasteiger partial charge in [0, 0.05) is 10.7 Å². The Hall–Kier alpha value is -2.78. The highest BCUT2D eigenvalue weighted by Gasteiger charge is 2.42. The van der Waals surface area contributed by atoms with E-state index in [1.807, 2.05) is 54.6 Å². The minimum atomic E-state index is -0.431. The lowest BCUT2D eigenvalue weighted by atomic mass is 9.78. The van der Waals surface area contributed by atoms with E-state index in [0.717, 1.165) is 42.7 Å². The van der Waals surface area contributed by atoms with Gasteiger partial charge in [-0.1, -0.05) is 54.8 Å². The van der Waals surface area contributed by atoms with Crippen LogP contribution >= 0.6 is 11.6 Å². The number of halogens is 1. The van der Waals surface area contributed by atoms with Crippen molar-refractivity contribution < 1.29 is 9.53 Å². The van der Waals surface area contributed by atoms with Crippen LogP contribution in [0.1, 0.15) is 31.2 Å². The summed E-state index contributed by atoms with van der Waals surface area (Å²) in [7, 11) is 0. The molecule has 3 nitrogen and oxygen atoms in total. The number of benzene rings is 3. The number of nitrogens with one attached hydrogen (secondary N) is 1. The van der Waals surface area contributed by atoms with E-state index in [9.17, 15) is 4.79 Å². The molecule has 142 valence electrons. The maximum atomic E-state index is 13.2. The normalized spacial score (nSPS) is 15.2. The largest absolute Gasteiger partial charge is 0.457 e. The summed E-state index contributed by atoms with van der Waals surface area (Å²) in [6.07, 6.45) is 3.94. The first-order chi connectivity index (χ1) is 13.7. The van der Waals surface area contributed by atoms with Crippen molar-refractivity contribution >= 4 is 23.2 Å². The molecule has 0 spiro atoms. The van der Waals surface area contributed by atoms with Crippen LogP contribution < -0.4 is 10.1 Å². The third kappa shape index (κ3) is 3.90. The number of ether oxygens (including phenoxy) is 1. The SMILES string of the molecule is O=C(Nc1ccc(Oc2ccc(Cl)cc2)cc1)C1(c2ccccc2)CCCC1. The molecule has 0 atom stereocenters. The second-order valence-corrected chi connectivity index (χ2v) is 7.63. The molecule has 0 heterocycles. The molecule has 0 bridgehead atoms. The summed E-state index contributed by atoms with van der Waals surface area (Å²) >= 11 is 5.90. The highest BCUT2D eigenvalue weighted by Crippen LogP contribution is 2.42. The summed E-state index contributed by atoms with van der Waals surface area (Å²) < 4.78 is 5.81. The van der Waals surface area contributed by atoms with Gasteiger partial charge in [-0.15, -0.1) is 0 Å². The Morgan fingerprint density at radius 2 is 1.39 bits per heavy atom. The zero-order valence-corrected chi connectivity index (χ0v) is 16.3. The van der Waals surface area contributed by atoms with Gasteiger partial charge in [-0.3, -0.25) is 4.79 Å². The quantitative estimate of drug-likeness (QED) is 0.533. The molecule has 0 aromatic heterocycles. The molecule has 0 aliphatic heterocycles. The number of hydrogen-bond acceptors (Lipinski definition) is 2. The van der Waals surface area contributed by atoms with E-state index >= 15 is 0 Å². The molecule has 0 radical (unpaired) electrons. The molecule has 1 N–H and O–H groups in total. The van der Waals surface area contributed by atoms with Gasteiger partial charge in [0.05, 0.1) is 5.41 Å². The fraction of sp³-hybridized carbons (Fsp3) is 0.208. The van der Waals surface area contributed by atoms with Crippen molar-refractivity contribution in [1.29, 1.82) is 0 Å². The first-order valence-corrected chi connectivity index (χ1v) is 9.94. The number of carbonyl (C=O) groups is 1. The van der Waals surface area contributed by atoms with Crippen LogP contribution in [0.4, 0.5) is 5.69 Å². The monoisotopic (exact) mass is 391 g/mol. The van der Waals surface area contributed by atoms with Crippen molar-refractivity contribution in [2.75, 3.05) is 5.32 Å². The van der Waals surface area contributed by atoms with Crippen LogP contribution in [0.25, 0.3) is 0 Å². The van der Waals surface area contributed by atoms with Crippen molar-refractivity contribution in [1.82, 2.24) is 0 Å². The Kier molecular flexibility index (Phi) is 5.36. The molecule has 0 saturated heterocycles. The van der Waals surface area contributed by atoms with Crippen LogP contribution in [0.3, 0.4) is 0 Å². The second-order valence-electron chi connectivity index (χ2n) is 7.19. The zero-order valence-electron chi connectivity index (χ0n) is 15.5. The molecular formula is C24H22ClNO2. The number of hydrogen-bond donors (Lipinski definition) is 1. The van der Waals surface area contributed by atoms with Crippen LogP contribution in [0.5, 0.6) is 11.5 Å². The molecule has 1 aliphatic rings. The van der Waals surface area contributed by atoms with Gasteiger partial charge >= 0.3 is 0 Å². The standard InChI is InChI=1S/C24H22ClNO2/c25-19-8-12-21(13-9-19)28-22-14-10-20(11-15-22)26-23(27)24(16-4-5-17-24)18-6-2-1-3-7-18/h1-3,6-15H,4-5,16-17H2,(H,26,27). The first-order valence-electron chi connectivity index (χ1n) is 9.56. The molecule has 1 aliphatic carbocycles. The maximum absolute atomic E-state index is 13.2. The number of rotatable bonds is 5. The summed E-state index contributed by atoms with van der Waals surface area (Å²) in [5.74, 6) is 1.50. The van der Waals surface area contributed by atoms with Crippen LogP contribution in [-0.4, -0.2) is 5.91 Å². The first kappa shape index (κ1) is 18.6. The molecule has 0 unspecified atom stereocenters. The van der Waals surface area contributed by atoms with Crippen molar-refractivity contribution in [3.8, 4) is 11.5 Å². The van der Waals surface area contributed by atoms with Crippen molar-refractivity contribution in [2.24, 2.45) is 0 Å². The Balaban J connectivity index is 1.47. The Morgan fingerprint density at radius 3 is 2.00 bits per heavy atom. The van der Waals surface area contributed by atoms with E-state index in [0.29, 0.717) is 10.8 Å². The fourth-order valence-corrected chi connectivity index (χ4v) is 4.00. The van der Waals surface area contributed by atoms with Gasteiger partial charge in [0.2, 0.25) is 5.91 Å². The topological polar surface area (TPSA) is 38.3 Å². The van der Waals surface area contributed by atoms with E-state index in [-0.39, 0.29) is 5.91 Å². The molecule has 1 fully saturated rings. The highest BCUT2D eigenvalue weighted by atomic mass is 35.5. The lowest BCUT2D eigenvalue weighted by Crippen LogP contribution is -2.37. The second kappa shape index (κ2) is 8.07. The average Bonchev–Trinajstić information content (AvgIpc) is 3.23. The smallest absolute Gasteiger partial charge is 0.235 e. The average molecular weight is 392 g/mol. The van der Waals surface area contributed by atoms with Crippen molar-refractivity contribution in [2.45, 2.75) is 31.1 Å². The van der Waals surface area contributed by atoms with E-state index in [1.165, 1.54) is 0 Å². The lowest BCUT2D eigenvalue weighted by molar-refractivity contribution is -0.121. The minimum absolute atomic E-state index is 0.0718. The van der Waals surface area contributed by atoms with Crippen LogP contribution in [-0.2, 0) is 10.2 Å². The summed E-state index contributed by atoms with van der Waals surface area (Å²) in [4.78, 5) is 13.2. The summed E-state index contributed by atoms with van der Waals surface area (Å²) in [6.45, 7) is 0. The Morgan fingerprint density at radius 1 is 0.821 bits per heavy atom. The maximum Gasteiger partial charge on any atom is 0.235 e. The van der Waals surface area contributed by atoms with Crippen LogP contribution in [0.15, 0.2) is 78.9 Å². The third-order valence-corrected chi connectivity index (χ3v) is 5.63. The van der Waals surface area contributed by atoms with Gasteiger partial charge in [-0.2, -0.15) is 0 Å². The van der Waals surface area contributed by atoms with Crippen molar-refractivity contribution in [3.63, 3.8) is 0 Å². The van der Waals surface area contributed by atoms with Gasteiger partial charge in [0.15, 0.2) is 0 Å². The Labute approximate surface area is 170 Å². The lowest BCUT2D eigenvalue weighted by Gasteiger charge is -2.28. The highest BCUT2D eigenvalue weighted by molar-refractivity contribution is 6.30. The van der Waals surface area contributed by atoms with Crippen molar-refractivity contribution in [3.05, 3.63) is 89.4 Å². The summed E-state index contributed by atoms with van der Waals surface area (Å²) in [5, 5.41) is 3.78. The molecule has 3 aromatic carbocycles. The minimum Gasteiger partial charge on any atom is -0.457 e. The van der Waals surface area contributed by atoms with Gasteiger partial charge in [-0.25, -0.2) is 0 Å². The summed E-state index contributed by atoms with van der Waals surface area (Å²) in [6, 6.07) is 24.8. The van der Waals surface area contributed by atoms with Gasteiger partial charge < -0.3 is 10.1 Å². The van der Waals surface area contributed by atoms with Gasteiger partial charge in [0.25, 0.3) is 0 Å². The molecule has 3 aromatic rings. The molecule has 4 heteroatoms. The molecule has 4 rings (SSSR count). The van der Waals surface area contributed by atoms with E-state index in [1.54, 1.807) is 12.1 Å². The van der Waals surface area contributed by atoms with E-state index < -0.39 is 5.41 Å². The van der Waals surface area contributed by atoms with Gasteiger partial charge in [-0.05, 0) is 66.9 Å². The van der Waals surface area contributed by atoms with Crippen LogP contribution in [0, 0.1) is 0 Å². The molecular weight excluding hydrogens is 370 g/mol. The predicted octanol–water partition coefficient (Wildman–Crippen LogP) is 6.58. The molecule has 28 heavy (non-hydrogen) atoms. The predicted molar refractivity (Wildman–Crippen MR) is 113 cm³/mol. The van der Waals surface area contributed by atoms with E-state index in [4.69, 9.17) is 16.3 Å². The fourth-order valence-electron chi connectivity index (χ4n) is 3.88. The summed E-state index contributed by atoms with van der Waals surface area (Å²) in [5.41, 5.74) is 1.45. The van der Waals surface area contributed by atoms with Gasteiger partial charge in [0.1, 0.15) is 11.5 Å². The molecule has 1 amide bonds.